The fraction of sp³-hybridized carbons (Fsp3) is 0.750. The summed E-state index contributed by atoms with van der Waals surface area (Å²) in [5.41, 5.74) is 5.30. The average Bonchev–Trinajstić information content (AvgIpc) is 2.69. The van der Waals surface area contributed by atoms with Crippen LogP contribution in [0.5, 0.6) is 0 Å². The van der Waals surface area contributed by atoms with Gasteiger partial charge in [0, 0.05) is 19.1 Å². The van der Waals surface area contributed by atoms with E-state index in [-0.39, 0.29) is 0 Å². The molecule has 0 amide bonds. The van der Waals surface area contributed by atoms with Crippen LogP contribution in [0.4, 0.5) is 0 Å². The molecule has 58 valence electrons. The SMILES string of the molecule is CN(CC=CCN)C1CC1. The molecule has 1 rings (SSSR count). The molecular weight excluding hydrogens is 124 g/mol. The zero-order valence-electron chi connectivity index (χ0n) is 6.59. The Balaban J connectivity index is 2.05. The van der Waals surface area contributed by atoms with Crippen LogP contribution in [0.15, 0.2) is 12.2 Å². The van der Waals surface area contributed by atoms with E-state index < -0.39 is 0 Å². The molecule has 2 heteroatoms. The fourth-order valence-electron chi connectivity index (χ4n) is 1.00. The molecule has 1 aliphatic carbocycles. The van der Waals surface area contributed by atoms with E-state index in [1.807, 2.05) is 6.08 Å². The smallest absolute Gasteiger partial charge is 0.0163 e. The first-order valence-electron chi connectivity index (χ1n) is 3.90. The van der Waals surface area contributed by atoms with Gasteiger partial charge in [-0.15, -0.1) is 0 Å². The summed E-state index contributed by atoms with van der Waals surface area (Å²) in [4.78, 5) is 2.37. The van der Waals surface area contributed by atoms with Crippen molar-refractivity contribution in [3.05, 3.63) is 12.2 Å². The summed E-state index contributed by atoms with van der Waals surface area (Å²) in [5, 5.41) is 0. The Labute approximate surface area is 62.7 Å². The molecule has 10 heavy (non-hydrogen) atoms. The highest BCUT2D eigenvalue weighted by Gasteiger charge is 2.24. The van der Waals surface area contributed by atoms with Crippen LogP contribution in [-0.4, -0.2) is 31.1 Å². The molecule has 0 aromatic carbocycles. The van der Waals surface area contributed by atoms with Gasteiger partial charge in [0.2, 0.25) is 0 Å². The highest BCUT2D eigenvalue weighted by atomic mass is 15.1. The molecule has 1 fully saturated rings. The van der Waals surface area contributed by atoms with Gasteiger partial charge in [0.15, 0.2) is 0 Å². The maximum Gasteiger partial charge on any atom is 0.0163 e. The van der Waals surface area contributed by atoms with E-state index in [2.05, 4.69) is 18.0 Å². The molecule has 2 nitrogen and oxygen atoms in total. The van der Waals surface area contributed by atoms with E-state index in [4.69, 9.17) is 5.73 Å². The molecule has 1 saturated carbocycles. The summed E-state index contributed by atoms with van der Waals surface area (Å²) in [5.74, 6) is 0. The van der Waals surface area contributed by atoms with Crippen LogP contribution < -0.4 is 5.73 Å². The monoisotopic (exact) mass is 140 g/mol. The normalized spacial score (nSPS) is 19.1. The lowest BCUT2D eigenvalue weighted by atomic mass is 10.4. The molecule has 0 radical (unpaired) electrons. The highest BCUT2D eigenvalue weighted by Crippen LogP contribution is 2.24. The quantitative estimate of drug-likeness (QED) is 0.579. The van der Waals surface area contributed by atoms with Gasteiger partial charge in [-0.25, -0.2) is 0 Å². The molecule has 0 unspecified atom stereocenters. The van der Waals surface area contributed by atoms with Crippen LogP contribution in [0.25, 0.3) is 0 Å². The van der Waals surface area contributed by atoms with Crippen LogP contribution >= 0.6 is 0 Å². The number of nitrogens with two attached hydrogens (primary N) is 1. The highest BCUT2D eigenvalue weighted by molar-refractivity contribution is 4.90. The van der Waals surface area contributed by atoms with Crippen molar-refractivity contribution >= 4 is 0 Å². The lowest BCUT2D eigenvalue weighted by Crippen LogP contribution is -2.20. The molecular formula is C8H16N2. The van der Waals surface area contributed by atoms with Crippen LogP contribution in [0.3, 0.4) is 0 Å². The van der Waals surface area contributed by atoms with Crippen molar-refractivity contribution < 1.29 is 0 Å². The second-order valence-corrected chi connectivity index (χ2v) is 2.88. The molecule has 0 aromatic heterocycles. The molecule has 0 spiro atoms. The predicted molar refractivity (Wildman–Crippen MR) is 43.8 cm³/mol. The van der Waals surface area contributed by atoms with E-state index >= 15 is 0 Å². The zero-order chi connectivity index (χ0) is 7.40. The third kappa shape index (κ3) is 2.50. The Morgan fingerprint density at radius 2 is 2.20 bits per heavy atom. The minimum Gasteiger partial charge on any atom is -0.327 e. The molecule has 1 aliphatic rings. The summed E-state index contributed by atoms with van der Waals surface area (Å²) >= 11 is 0. The summed E-state index contributed by atoms with van der Waals surface area (Å²) in [6.45, 7) is 1.72. The molecule has 0 atom stereocenters. The number of hydrogen-bond acceptors (Lipinski definition) is 2. The molecule has 2 N–H and O–H groups in total. The van der Waals surface area contributed by atoms with E-state index in [9.17, 15) is 0 Å². The van der Waals surface area contributed by atoms with E-state index in [0.717, 1.165) is 12.6 Å². The van der Waals surface area contributed by atoms with Gasteiger partial charge in [-0.05, 0) is 19.9 Å². The standard InChI is InChI=1S/C8H16N2/c1-10(8-4-5-8)7-3-2-6-9/h2-3,8H,4-7,9H2,1H3. The number of nitrogens with zero attached hydrogens (tertiary/aromatic N) is 1. The van der Waals surface area contributed by atoms with Crippen LogP contribution in [-0.2, 0) is 0 Å². The van der Waals surface area contributed by atoms with E-state index in [1.54, 1.807) is 0 Å². The largest absolute Gasteiger partial charge is 0.327 e. The average molecular weight is 140 g/mol. The lowest BCUT2D eigenvalue weighted by Gasteiger charge is -2.11. The van der Waals surface area contributed by atoms with Gasteiger partial charge in [-0.3, -0.25) is 4.90 Å². The van der Waals surface area contributed by atoms with Gasteiger partial charge in [0.1, 0.15) is 0 Å². The van der Waals surface area contributed by atoms with Crippen LogP contribution in [0, 0.1) is 0 Å². The summed E-state index contributed by atoms with van der Waals surface area (Å²) in [6.07, 6.45) is 6.91. The first kappa shape index (κ1) is 7.76. The second-order valence-electron chi connectivity index (χ2n) is 2.88. The molecule has 0 heterocycles. The fourth-order valence-corrected chi connectivity index (χ4v) is 1.00. The Morgan fingerprint density at radius 3 is 2.70 bits per heavy atom. The van der Waals surface area contributed by atoms with Gasteiger partial charge < -0.3 is 5.73 Å². The Kier molecular flexibility index (Phi) is 2.90. The van der Waals surface area contributed by atoms with Crippen molar-refractivity contribution in [2.45, 2.75) is 18.9 Å². The van der Waals surface area contributed by atoms with Crippen molar-refractivity contribution in [2.24, 2.45) is 5.73 Å². The number of hydrogen-bond donors (Lipinski definition) is 1. The first-order valence-corrected chi connectivity index (χ1v) is 3.90. The Morgan fingerprint density at radius 1 is 1.50 bits per heavy atom. The van der Waals surface area contributed by atoms with Crippen LogP contribution in [0.2, 0.25) is 0 Å². The van der Waals surface area contributed by atoms with Crippen molar-refractivity contribution in [3.8, 4) is 0 Å². The predicted octanol–water partition coefficient (Wildman–Crippen LogP) is 0.596. The van der Waals surface area contributed by atoms with Crippen molar-refractivity contribution in [1.29, 1.82) is 0 Å². The van der Waals surface area contributed by atoms with Crippen LogP contribution in [0.1, 0.15) is 12.8 Å². The molecule has 0 saturated heterocycles. The molecule has 0 aliphatic heterocycles. The number of likely N-dealkylation sites (N-methyl/N-ethyl adjacent to an activating group) is 1. The summed E-state index contributed by atoms with van der Waals surface area (Å²) in [6, 6.07) is 0.863. The van der Waals surface area contributed by atoms with E-state index in [1.165, 1.54) is 12.8 Å². The van der Waals surface area contributed by atoms with Crippen molar-refractivity contribution in [2.75, 3.05) is 20.1 Å². The minimum absolute atomic E-state index is 0.665. The molecule has 0 aromatic rings. The number of rotatable bonds is 4. The van der Waals surface area contributed by atoms with Crippen molar-refractivity contribution in [3.63, 3.8) is 0 Å². The van der Waals surface area contributed by atoms with Crippen molar-refractivity contribution in [1.82, 2.24) is 4.90 Å². The topological polar surface area (TPSA) is 29.3 Å². The van der Waals surface area contributed by atoms with Gasteiger partial charge in [-0.2, -0.15) is 0 Å². The summed E-state index contributed by atoms with van der Waals surface area (Å²) in [7, 11) is 2.17. The lowest BCUT2D eigenvalue weighted by molar-refractivity contribution is 0.360. The third-order valence-electron chi connectivity index (χ3n) is 1.87. The third-order valence-corrected chi connectivity index (χ3v) is 1.87. The first-order chi connectivity index (χ1) is 4.84. The van der Waals surface area contributed by atoms with E-state index in [0.29, 0.717) is 6.54 Å². The van der Waals surface area contributed by atoms with Gasteiger partial charge in [-0.1, -0.05) is 12.2 Å². The molecule has 0 bridgehead atoms. The maximum absolute atomic E-state index is 5.30. The van der Waals surface area contributed by atoms with Gasteiger partial charge in [0.25, 0.3) is 0 Å². The summed E-state index contributed by atoms with van der Waals surface area (Å²) < 4.78 is 0. The minimum atomic E-state index is 0.665. The second kappa shape index (κ2) is 3.74. The maximum atomic E-state index is 5.30. The zero-order valence-corrected chi connectivity index (χ0v) is 6.59. The van der Waals surface area contributed by atoms with Gasteiger partial charge in [0.05, 0.1) is 0 Å². The van der Waals surface area contributed by atoms with Gasteiger partial charge >= 0.3 is 0 Å². The Hall–Kier alpha value is -0.340. The Bertz CT molecular complexity index is 116.